The van der Waals surface area contributed by atoms with Crippen molar-refractivity contribution in [2.24, 2.45) is 0 Å². The summed E-state index contributed by atoms with van der Waals surface area (Å²) in [6, 6.07) is 5.24. The van der Waals surface area contributed by atoms with Crippen LogP contribution in [0.5, 0.6) is 0 Å². The smallest absolute Gasteiger partial charge is 0.309 e. The summed E-state index contributed by atoms with van der Waals surface area (Å²) in [6.45, 7) is 5.12. The monoisotopic (exact) mass is 347 g/mol. The van der Waals surface area contributed by atoms with E-state index in [1.807, 2.05) is 45.0 Å². The van der Waals surface area contributed by atoms with E-state index in [-0.39, 0.29) is 12.6 Å². The average Bonchev–Trinajstić information content (AvgIpc) is 3.17. The van der Waals surface area contributed by atoms with E-state index in [2.05, 4.69) is 15.7 Å². The van der Waals surface area contributed by atoms with Gasteiger partial charge in [-0.15, -0.1) is 0 Å². The zero-order valence-electron chi connectivity index (χ0n) is 15.1. The minimum Gasteiger partial charge on any atom is -0.467 e. The van der Waals surface area contributed by atoms with Crippen LogP contribution in [0.25, 0.3) is 0 Å². The summed E-state index contributed by atoms with van der Waals surface area (Å²) in [5, 5.41) is 9.71. The molecular formula is C17H25N5O3. The van der Waals surface area contributed by atoms with E-state index in [1.165, 1.54) is 0 Å². The molecule has 25 heavy (non-hydrogen) atoms. The van der Waals surface area contributed by atoms with Gasteiger partial charge in [-0.2, -0.15) is 5.10 Å². The lowest BCUT2D eigenvalue weighted by Gasteiger charge is -2.18. The molecule has 0 aromatic carbocycles. The number of aryl methyl sites for hydroxylation is 2. The Balaban J connectivity index is 2.00. The normalized spacial score (nSPS) is 12.2. The predicted molar refractivity (Wildman–Crippen MR) is 93.1 cm³/mol. The third kappa shape index (κ3) is 5.18. The number of carbonyl (C=O) groups is 2. The molecule has 1 atom stereocenters. The summed E-state index contributed by atoms with van der Waals surface area (Å²) in [7, 11) is 3.79. The van der Waals surface area contributed by atoms with E-state index in [0.717, 1.165) is 11.4 Å². The number of carbonyl (C=O) groups excluding carboxylic acids is 2. The Morgan fingerprint density at radius 1 is 1.28 bits per heavy atom. The van der Waals surface area contributed by atoms with Gasteiger partial charge >= 0.3 is 11.8 Å². The van der Waals surface area contributed by atoms with E-state index in [4.69, 9.17) is 4.42 Å². The second-order valence-corrected chi connectivity index (χ2v) is 6.17. The molecule has 0 spiro atoms. The summed E-state index contributed by atoms with van der Waals surface area (Å²) in [4.78, 5) is 25.8. The van der Waals surface area contributed by atoms with Crippen molar-refractivity contribution in [2.45, 2.75) is 19.9 Å². The summed E-state index contributed by atoms with van der Waals surface area (Å²) in [5.41, 5.74) is 1.82. The standard InChI is InChI=1S/C17H25N5O3/c1-12-10-13(2)22(20-12)14(15-6-5-9-25-15)11-19-17(24)16(23)18-7-8-21(3)4/h5-6,9-10,14H,7-8,11H2,1-4H3,(H,18,23)(H,19,24). The Bertz CT molecular complexity index is 706. The van der Waals surface area contributed by atoms with Crippen LogP contribution in [0.15, 0.2) is 28.9 Å². The molecule has 0 aliphatic rings. The Hall–Kier alpha value is -2.61. The van der Waals surface area contributed by atoms with Crippen molar-refractivity contribution in [3.8, 4) is 0 Å². The van der Waals surface area contributed by atoms with Gasteiger partial charge in [-0.05, 0) is 46.1 Å². The zero-order chi connectivity index (χ0) is 18.4. The minimum absolute atomic E-state index is 0.204. The fraction of sp³-hybridized carbons (Fsp3) is 0.471. The quantitative estimate of drug-likeness (QED) is 0.711. The van der Waals surface area contributed by atoms with Gasteiger partial charge in [-0.3, -0.25) is 14.3 Å². The molecule has 0 fully saturated rings. The van der Waals surface area contributed by atoms with Gasteiger partial charge in [0.25, 0.3) is 0 Å². The summed E-state index contributed by atoms with van der Waals surface area (Å²) in [5.74, 6) is -0.648. The van der Waals surface area contributed by atoms with Crippen molar-refractivity contribution in [3.63, 3.8) is 0 Å². The van der Waals surface area contributed by atoms with Gasteiger partial charge in [0.15, 0.2) is 0 Å². The second kappa shape index (κ2) is 8.48. The van der Waals surface area contributed by atoms with E-state index < -0.39 is 11.8 Å². The molecule has 2 heterocycles. The van der Waals surface area contributed by atoms with Gasteiger partial charge in [0.05, 0.1) is 12.0 Å². The number of rotatable bonds is 7. The Morgan fingerprint density at radius 2 is 2.00 bits per heavy atom. The first-order valence-corrected chi connectivity index (χ1v) is 8.15. The van der Waals surface area contributed by atoms with Crippen LogP contribution < -0.4 is 10.6 Å². The molecule has 0 aliphatic carbocycles. The Labute approximate surface area is 147 Å². The van der Waals surface area contributed by atoms with E-state index >= 15 is 0 Å². The third-order valence-corrected chi connectivity index (χ3v) is 3.72. The highest BCUT2D eigenvalue weighted by molar-refractivity contribution is 6.35. The number of amides is 2. The lowest BCUT2D eigenvalue weighted by molar-refractivity contribution is -0.139. The van der Waals surface area contributed by atoms with E-state index in [1.54, 1.807) is 17.0 Å². The molecule has 2 N–H and O–H groups in total. The minimum atomic E-state index is -0.670. The third-order valence-electron chi connectivity index (χ3n) is 3.72. The number of likely N-dealkylation sites (N-methyl/N-ethyl adjacent to an activating group) is 1. The first kappa shape index (κ1) is 18.7. The number of hydrogen-bond acceptors (Lipinski definition) is 5. The fourth-order valence-corrected chi connectivity index (χ4v) is 2.49. The number of aromatic nitrogens is 2. The highest BCUT2D eigenvalue weighted by Gasteiger charge is 2.22. The van der Waals surface area contributed by atoms with Crippen molar-refractivity contribution in [1.82, 2.24) is 25.3 Å². The van der Waals surface area contributed by atoms with Crippen molar-refractivity contribution in [1.29, 1.82) is 0 Å². The number of hydrogen-bond donors (Lipinski definition) is 2. The number of nitrogens with zero attached hydrogens (tertiary/aromatic N) is 3. The lowest BCUT2D eigenvalue weighted by Crippen LogP contribution is -2.44. The molecule has 1 unspecified atom stereocenters. The average molecular weight is 347 g/mol. The SMILES string of the molecule is Cc1cc(C)n(C(CNC(=O)C(=O)NCCN(C)C)c2ccco2)n1. The van der Waals surface area contributed by atoms with Crippen LogP contribution in [0, 0.1) is 13.8 Å². The van der Waals surface area contributed by atoms with Crippen molar-refractivity contribution in [2.75, 3.05) is 33.7 Å². The molecule has 8 nitrogen and oxygen atoms in total. The summed E-state index contributed by atoms with van der Waals surface area (Å²) >= 11 is 0. The maximum Gasteiger partial charge on any atom is 0.309 e. The van der Waals surface area contributed by atoms with Gasteiger partial charge in [-0.25, -0.2) is 0 Å². The Morgan fingerprint density at radius 3 is 2.56 bits per heavy atom. The van der Waals surface area contributed by atoms with Crippen LogP contribution >= 0.6 is 0 Å². The lowest BCUT2D eigenvalue weighted by atomic mass is 10.2. The molecule has 0 saturated carbocycles. The molecule has 2 aromatic rings. The maximum atomic E-state index is 12.0. The van der Waals surface area contributed by atoms with Crippen molar-refractivity contribution in [3.05, 3.63) is 41.6 Å². The number of furan rings is 1. The zero-order valence-corrected chi connectivity index (χ0v) is 15.1. The molecule has 8 heteroatoms. The fourth-order valence-electron chi connectivity index (χ4n) is 2.49. The van der Waals surface area contributed by atoms with E-state index in [0.29, 0.717) is 18.8 Å². The molecule has 2 amide bonds. The largest absolute Gasteiger partial charge is 0.467 e. The first-order valence-electron chi connectivity index (χ1n) is 8.15. The van der Waals surface area contributed by atoms with Gasteiger partial charge in [0.2, 0.25) is 0 Å². The molecular weight excluding hydrogens is 322 g/mol. The van der Waals surface area contributed by atoms with Crippen molar-refractivity contribution >= 4 is 11.8 Å². The second-order valence-electron chi connectivity index (χ2n) is 6.17. The predicted octanol–water partition coefficient (Wildman–Crippen LogP) is 0.476. The Kier molecular flexibility index (Phi) is 6.35. The first-order chi connectivity index (χ1) is 11.9. The topological polar surface area (TPSA) is 92.4 Å². The molecule has 2 aromatic heterocycles. The molecule has 0 bridgehead atoms. The summed E-state index contributed by atoms with van der Waals surface area (Å²) < 4.78 is 7.27. The molecule has 136 valence electrons. The molecule has 0 saturated heterocycles. The van der Waals surface area contributed by atoms with Crippen LogP contribution in [-0.4, -0.2) is 60.2 Å². The molecule has 0 radical (unpaired) electrons. The molecule has 0 aliphatic heterocycles. The van der Waals surface area contributed by atoms with Crippen LogP contribution in [0.2, 0.25) is 0 Å². The van der Waals surface area contributed by atoms with Gasteiger partial charge in [0, 0.05) is 25.3 Å². The highest BCUT2D eigenvalue weighted by atomic mass is 16.3. The van der Waals surface area contributed by atoms with Crippen molar-refractivity contribution < 1.29 is 14.0 Å². The van der Waals surface area contributed by atoms with Crippen LogP contribution in [0.1, 0.15) is 23.2 Å². The van der Waals surface area contributed by atoms with Gasteiger partial charge in [-0.1, -0.05) is 0 Å². The van der Waals surface area contributed by atoms with E-state index in [9.17, 15) is 9.59 Å². The van der Waals surface area contributed by atoms with Crippen LogP contribution in [0.4, 0.5) is 0 Å². The highest BCUT2D eigenvalue weighted by Crippen LogP contribution is 2.20. The van der Waals surface area contributed by atoms with Crippen LogP contribution in [0.3, 0.4) is 0 Å². The summed E-state index contributed by atoms with van der Waals surface area (Å²) in [6.07, 6.45) is 1.57. The van der Waals surface area contributed by atoms with Gasteiger partial charge in [0.1, 0.15) is 11.8 Å². The van der Waals surface area contributed by atoms with Gasteiger partial charge < -0.3 is 20.0 Å². The number of nitrogens with one attached hydrogen (secondary N) is 2. The van der Waals surface area contributed by atoms with Crippen LogP contribution in [-0.2, 0) is 9.59 Å². The maximum absolute atomic E-state index is 12.0. The molecule has 2 rings (SSSR count).